The molecule has 0 amide bonds. The lowest BCUT2D eigenvalue weighted by atomic mass is 10.2. The molecule has 0 spiro atoms. The van der Waals surface area contributed by atoms with E-state index in [0.29, 0.717) is 6.54 Å². The highest BCUT2D eigenvalue weighted by atomic mass is 127. The van der Waals surface area contributed by atoms with Gasteiger partial charge in [-0.1, -0.05) is 0 Å². The van der Waals surface area contributed by atoms with E-state index < -0.39 is 14.6 Å². The second kappa shape index (κ2) is 7.66. The average Bonchev–Trinajstić information content (AvgIpc) is 2.75. The van der Waals surface area contributed by atoms with E-state index in [1.54, 1.807) is 13.8 Å². The number of nitrogens with one attached hydrogen (secondary N) is 1. The SMILES string of the molecule is CCNC(=NCC(C)(C)S(C)(=O)=O)N1CCCC1.I. The highest BCUT2D eigenvalue weighted by molar-refractivity contribution is 14.0. The van der Waals surface area contributed by atoms with E-state index in [9.17, 15) is 8.42 Å². The molecule has 1 fully saturated rings. The summed E-state index contributed by atoms with van der Waals surface area (Å²) in [7, 11) is -3.09. The zero-order chi connectivity index (χ0) is 13.8. The van der Waals surface area contributed by atoms with Crippen molar-refractivity contribution in [3.63, 3.8) is 0 Å². The Morgan fingerprint density at radius 1 is 1.32 bits per heavy atom. The van der Waals surface area contributed by atoms with Crippen molar-refractivity contribution in [1.82, 2.24) is 10.2 Å². The molecule has 19 heavy (non-hydrogen) atoms. The van der Waals surface area contributed by atoms with Crippen LogP contribution >= 0.6 is 24.0 Å². The molecule has 0 bridgehead atoms. The smallest absolute Gasteiger partial charge is 0.193 e. The summed E-state index contributed by atoms with van der Waals surface area (Å²) in [4.78, 5) is 6.68. The summed E-state index contributed by atoms with van der Waals surface area (Å²) < 4.78 is 22.5. The molecule has 1 aliphatic heterocycles. The molecule has 0 aromatic carbocycles. The van der Waals surface area contributed by atoms with Gasteiger partial charge in [0, 0.05) is 25.9 Å². The Balaban J connectivity index is 0.00000324. The standard InChI is InChI=1S/C12H25N3O2S.HI/c1-5-13-11(15-8-6-7-9-15)14-10-12(2,3)18(4,16)17;/h5-10H2,1-4H3,(H,13,14);1H. The summed E-state index contributed by atoms with van der Waals surface area (Å²) in [5.74, 6) is 0.840. The Hall–Kier alpha value is -0.0500. The van der Waals surface area contributed by atoms with Gasteiger partial charge in [0.15, 0.2) is 15.8 Å². The van der Waals surface area contributed by atoms with E-state index in [1.165, 1.54) is 19.1 Å². The predicted octanol–water partition coefficient (Wildman–Crippen LogP) is 1.49. The first-order valence-corrected chi connectivity index (χ1v) is 8.40. The highest BCUT2D eigenvalue weighted by Gasteiger charge is 2.30. The number of guanidine groups is 1. The first-order chi connectivity index (χ1) is 8.28. The van der Waals surface area contributed by atoms with E-state index >= 15 is 0 Å². The molecule has 0 saturated carbocycles. The highest BCUT2D eigenvalue weighted by Crippen LogP contribution is 2.16. The van der Waals surface area contributed by atoms with Gasteiger partial charge in [-0.15, -0.1) is 24.0 Å². The average molecular weight is 403 g/mol. The van der Waals surface area contributed by atoms with Crippen LogP contribution in [0.25, 0.3) is 0 Å². The quantitative estimate of drug-likeness (QED) is 0.439. The van der Waals surface area contributed by atoms with Gasteiger partial charge in [0.25, 0.3) is 0 Å². The van der Waals surface area contributed by atoms with Crippen LogP contribution in [0.5, 0.6) is 0 Å². The number of sulfone groups is 1. The molecule has 0 radical (unpaired) electrons. The molecule has 114 valence electrons. The summed E-state index contributed by atoms with van der Waals surface area (Å²) in [5.41, 5.74) is 0. The van der Waals surface area contributed by atoms with E-state index in [4.69, 9.17) is 0 Å². The Labute approximate surface area is 134 Å². The number of rotatable bonds is 4. The second-order valence-electron chi connectivity index (χ2n) is 5.40. The molecule has 1 aliphatic rings. The topological polar surface area (TPSA) is 61.8 Å². The van der Waals surface area contributed by atoms with Crippen LogP contribution in [-0.4, -0.2) is 56.5 Å². The lowest BCUT2D eigenvalue weighted by Crippen LogP contribution is -2.42. The fraction of sp³-hybridized carbons (Fsp3) is 0.917. The summed E-state index contributed by atoms with van der Waals surface area (Å²) in [5, 5.41) is 3.23. The number of aliphatic imine (C=N–C) groups is 1. The molecule has 0 unspecified atom stereocenters. The lowest BCUT2D eigenvalue weighted by Gasteiger charge is -2.24. The molecule has 1 N–H and O–H groups in total. The van der Waals surface area contributed by atoms with Crippen molar-refractivity contribution in [2.24, 2.45) is 4.99 Å². The third kappa shape index (κ3) is 5.45. The fourth-order valence-electron chi connectivity index (χ4n) is 1.74. The van der Waals surface area contributed by atoms with Crippen LogP contribution < -0.4 is 5.32 Å². The lowest BCUT2D eigenvalue weighted by molar-refractivity contribution is 0.489. The van der Waals surface area contributed by atoms with Gasteiger partial charge in [0.05, 0.1) is 11.3 Å². The zero-order valence-electron chi connectivity index (χ0n) is 12.3. The summed E-state index contributed by atoms with van der Waals surface area (Å²) in [6.07, 6.45) is 3.63. The van der Waals surface area contributed by atoms with E-state index in [1.807, 2.05) is 6.92 Å². The summed E-state index contributed by atoms with van der Waals surface area (Å²) in [6, 6.07) is 0. The maximum Gasteiger partial charge on any atom is 0.193 e. The molecule has 1 heterocycles. The van der Waals surface area contributed by atoms with Gasteiger partial charge in [0.2, 0.25) is 0 Å². The number of nitrogens with zero attached hydrogens (tertiary/aromatic N) is 2. The third-order valence-electron chi connectivity index (χ3n) is 3.35. The van der Waals surface area contributed by atoms with E-state index in [2.05, 4.69) is 15.2 Å². The largest absolute Gasteiger partial charge is 0.357 e. The maximum atomic E-state index is 11.6. The Morgan fingerprint density at radius 2 is 1.84 bits per heavy atom. The van der Waals surface area contributed by atoms with Crippen LogP contribution in [0.4, 0.5) is 0 Å². The number of halogens is 1. The molecule has 0 aliphatic carbocycles. The first-order valence-electron chi connectivity index (χ1n) is 6.51. The van der Waals surface area contributed by atoms with Crippen molar-refractivity contribution in [3.8, 4) is 0 Å². The molecule has 1 rings (SSSR count). The summed E-state index contributed by atoms with van der Waals surface area (Å²) >= 11 is 0. The zero-order valence-corrected chi connectivity index (χ0v) is 15.4. The predicted molar refractivity (Wildman–Crippen MR) is 91.1 cm³/mol. The minimum absolute atomic E-state index is 0. The normalized spacial score (nSPS) is 17.3. The molecular formula is C12H26IN3O2S. The van der Waals surface area contributed by atoms with Gasteiger partial charge in [-0.3, -0.25) is 4.99 Å². The number of hydrogen-bond acceptors (Lipinski definition) is 3. The molecule has 1 saturated heterocycles. The van der Waals surface area contributed by atoms with Crippen LogP contribution in [0, 0.1) is 0 Å². The van der Waals surface area contributed by atoms with Crippen LogP contribution in [0.15, 0.2) is 4.99 Å². The molecule has 0 aromatic rings. The van der Waals surface area contributed by atoms with Crippen LogP contribution in [-0.2, 0) is 9.84 Å². The fourth-order valence-corrected chi connectivity index (χ4v) is 2.04. The summed E-state index contributed by atoms with van der Waals surface area (Å²) in [6.45, 7) is 8.57. The van der Waals surface area contributed by atoms with Gasteiger partial charge in [0.1, 0.15) is 0 Å². The van der Waals surface area contributed by atoms with Crippen molar-refractivity contribution in [2.75, 3.05) is 32.4 Å². The number of hydrogen-bond donors (Lipinski definition) is 1. The van der Waals surface area contributed by atoms with Crippen LogP contribution in [0.2, 0.25) is 0 Å². The van der Waals surface area contributed by atoms with Crippen molar-refractivity contribution >= 4 is 39.8 Å². The van der Waals surface area contributed by atoms with E-state index in [0.717, 1.165) is 25.6 Å². The molecular weight excluding hydrogens is 377 g/mol. The van der Waals surface area contributed by atoms with Gasteiger partial charge >= 0.3 is 0 Å². The monoisotopic (exact) mass is 403 g/mol. The molecule has 5 nitrogen and oxygen atoms in total. The molecule has 0 atom stereocenters. The van der Waals surface area contributed by atoms with Crippen LogP contribution in [0.3, 0.4) is 0 Å². The van der Waals surface area contributed by atoms with Gasteiger partial charge in [-0.05, 0) is 33.6 Å². The van der Waals surface area contributed by atoms with Gasteiger partial charge in [-0.2, -0.15) is 0 Å². The van der Waals surface area contributed by atoms with E-state index in [-0.39, 0.29) is 24.0 Å². The van der Waals surface area contributed by atoms with Crippen LogP contribution in [0.1, 0.15) is 33.6 Å². The Morgan fingerprint density at radius 3 is 2.26 bits per heavy atom. The molecule has 7 heteroatoms. The van der Waals surface area contributed by atoms with Crippen molar-refractivity contribution in [1.29, 1.82) is 0 Å². The minimum atomic E-state index is -3.09. The maximum absolute atomic E-state index is 11.6. The van der Waals surface area contributed by atoms with Gasteiger partial charge in [-0.25, -0.2) is 8.42 Å². The first kappa shape index (κ1) is 18.9. The minimum Gasteiger partial charge on any atom is -0.357 e. The third-order valence-corrected chi connectivity index (χ3v) is 5.49. The van der Waals surface area contributed by atoms with Crippen molar-refractivity contribution in [3.05, 3.63) is 0 Å². The van der Waals surface area contributed by atoms with Crippen molar-refractivity contribution < 1.29 is 8.42 Å². The second-order valence-corrected chi connectivity index (χ2v) is 8.05. The van der Waals surface area contributed by atoms with Gasteiger partial charge < -0.3 is 10.2 Å². The Kier molecular flexibility index (Phi) is 7.64. The van der Waals surface area contributed by atoms with Crippen molar-refractivity contribution in [2.45, 2.75) is 38.4 Å². The Bertz CT molecular complexity index is 401. The molecule has 0 aromatic heterocycles. The number of likely N-dealkylation sites (tertiary alicyclic amines) is 1.